The van der Waals surface area contributed by atoms with Gasteiger partial charge in [0, 0.05) is 45.1 Å². The Morgan fingerprint density at radius 2 is 2.00 bits per heavy atom. The molecule has 4 heterocycles. The molecule has 3 aromatic rings. The van der Waals surface area contributed by atoms with Gasteiger partial charge in [-0.15, -0.1) is 0 Å². The molecule has 1 saturated carbocycles. The number of H-pyrrole nitrogens is 1. The lowest BCUT2D eigenvalue weighted by molar-refractivity contribution is 0.192. The van der Waals surface area contributed by atoms with Gasteiger partial charge in [0.15, 0.2) is 0 Å². The molecule has 0 atom stereocenters. The Kier molecular flexibility index (Phi) is 3.53. The fourth-order valence-electron chi connectivity index (χ4n) is 3.22. The Bertz CT molecular complexity index is 950. The minimum atomic E-state index is -0.0606. The summed E-state index contributed by atoms with van der Waals surface area (Å²) in [5.41, 5.74) is 2.41. The summed E-state index contributed by atoms with van der Waals surface area (Å²) in [6.07, 6.45) is 5.53. The average molecular weight is 353 g/mol. The predicted molar refractivity (Wildman–Crippen MR) is 100 cm³/mol. The van der Waals surface area contributed by atoms with Gasteiger partial charge in [0.25, 0.3) is 0 Å². The summed E-state index contributed by atoms with van der Waals surface area (Å²) in [4.78, 5) is 15.5. The van der Waals surface area contributed by atoms with Gasteiger partial charge in [-0.3, -0.25) is 5.10 Å². The fraction of sp³-hybridized carbons (Fsp3) is 0.444. The van der Waals surface area contributed by atoms with Crippen LogP contribution in [0, 0.1) is 0 Å². The van der Waals surface area contributed by atoms with Crippen LogP contribution in [0.3, 0.4) is 0 Å². The summed E-state index contributed by atoms with van der Waals surface area (Å²) in [6, 6.07) is 3.95. The highest BCUT2D eigenvalue weighted by molar-refractivity contribution is 5.92. The smallest absolute Gasteiger partial charge is 0.214 e. The van der Waals surface area contributed by atoms with Gasteiger partial charge in [-0.1, -0.05) is 0 Å². The first-order valence-corrected chi connectivity index (χ1v) is 9.01. The molecule has 8 nitrogen and oxygen atoms in total. The van der Waals surface area contributed by atoms with Gasteiger partial charge in [0.05, 0.1) is 17.4 Å². The zero-order chi connectivity index (χ0) is 17.6. The van der Waals surface area contributed by atoms with Crippen molar-refractivity contribution < 1.29 is 6.16 Å². The molecule has 1 saturated heterocycles. The van der Waals surface area contributed by atoms with Crippen LogP contribution in [0.4, 0.5) is 5.82 Å². The van der Waals surface area contributed by atoms with E-state index in [2.05, 4.69) is 42.3 Å². The molecule has 5 rings (SSSR count). The van der Waals surface area contributed by atoms with Gasteiger partial charge >= 0.3 is 0 Å². The maximum absolute atomic E-state index is 6.00. The van der Waals surface area contributed by atoms with E-state index < -0.39 is 0 Å². The first-order chi connectivity index (χ1) is 12.7. The van der Waals surface area contributed by atoms with E-state index in [4.69, 9.17) is 4.74 Å². The van der Waals surface area contributed by atoms with Crippen molar-refractivity contribution in [1.29, 1.82) is 0 Å². The highest BCUT2D eigenvalue weighted by atomic mass is 16.5. The van der Waals surface area contributed by atoms with Crippen molar-refractivity contribution in [3.63, 3.8) is 0 Å². The Morgan fingerprint density at radius 1 is 1.15 bits per heavy atom. The van der Waals surface area contributed by atoms with Crippen LogP contribution in [0.2, 0.25) is 0 Å². The molecular weight excluding hydrogens is 330 g/mol. The van der Waals surface area contributed by atoms with Gasteiger partial charge in [-0.2, -0.15) is 5.10 Å². The predicted octanol–water partition coefficient (Wildman–Crippen LogP) is 2.00. The summed E-state index contributed by atoms with van der Waals surface area (Å²) in [5.74, 6) is 1.57. The molecule has 0 spiro atoms. The standard InChI is InChI=1S/C18H21N7O.H2/c1-18(2-3-18)26-16-8-12-14(10-20-16)23-24-17(12)13-9-15(22-11-21-13)25-6-4-19-5-7-25;/h8-11,19H,2-7H2,1H3,(H,23,24);1H. The number of pyridine rings is 1. The second kappa shape index (κ2) is 5.91. The van der Waals surface area contributed by atoms with Crippen LogP contribution in [0.1, 0.15) is 21.2 Å². The normalized spacial score (nSPS) is 18.9. The van der Waals surface area contributed by atoms with Crippen molar-refractivity contribution in [3.05, 3.63) is 24.7 Å². The van der Waals surface area contributed by atoms with Crippen molar-refractivity contribution in [1.82, 2.24) is 30.5 Å². The summed E-state index contributed by atoms with van der Waals surface area (Å²) >= 11 is 0. The van der Waals surface area contributed by atoms with E-state index in [1.165, 1.54) is 0 Å². The van der Waals surface area contributed by atoms with Crippen molar-refractivity contribution >= 4 is 16.7 Å². The number of anilines is 1. The third kappa shape index (κ3) is 2.86. The molecule has 0 bridgehead atoms. The molecular formula is C18H23N7O. The number of piperazine rings is 1. The van der Waals surface area contributed by atoms with Crippen LogP contribution in [0.15, 0.2) is 24.7 Å². The van der Waals surface area contributed by atoms with Gasteiger partial charge in [-0.25, -0.2) is 15.0 Å². The van der Waals surface area contributed by atoms with Gasteiger partial charge in [0.2, 0.25) is 5.88 Å². The summed E-state index contributed by atoms with van der Waals surface area (Å²) in [6.45, 7) is 5.93. The zero-order valence-electron chi connectivity index (χ0n) is 14.7. The molecule has 136 valence electrons. The van der Waals surface area contributed by atoms with E-state index in [0.717, 1.165) is 67.1 Å². The fourth-order valence-corrected chi connectivity index (χ4v) is 3.22. The maximum atomic E-state index is 6.00. The number of hydrogen-bond acceptors (Lipinski definition) is 7. The Balaban J connectivity index is 0.00000180. The monoisotopic (exact) mass is 353 g/mol. The molecule has 0 aromatic carbocycles. The highest BCUT2D eigenvalue weighted by Crippen LogP contribution is 2.39. The largest absolute Gasteiger partial charge is 0.471 e. The van der Waals surface area contributed by atoms with Crippen molar-refractivity contribution in [2.75, 3.05) is 31.1 Å². The summed E-state index contributed by atoms with van der Waals surface area (Å²) in [7, 11) is 0. The van der Waals surface area contributed by atoms with Crippen LogP contribution in [0.25, 0.3) is 22.3 Å². The van der Waals surface area contributed by atoms with Gasteiger partial charge < -0.3 is 15.0 Å². The van der Waals surface area contributed by atoms with Crippen molar-refractivity contribution in [3.8, 4) is 17.3 Å². The van der Waals surface area contributed by atoms with Crippen LogP contribution in [-0.2, 0) is 0 Å². The first-order valence-electron chi connectivity index (χ1n) is 9.01. The number of fused-ring (bicyclic) bond motifs is 1. The summed E-state index contributed by atoms with van der Waals surface area (Å²) in [5, 5.41) is 11.8. The van der Waals surface area contributed by atoms with Crippen LogP contribution in [-0.4, -0.2) is 56.9 Å². The number of ether oxygens (including phenoxy) is 1. The molecule has 2 aliphatic rings. The second-order valence-electron chi connectivity index (χ2n) is 7.19. The highest BCUT2D eigenvalue weighted by Gasteiger charge is 2.40. The second-order valence-corrected chi connectivity index (χ2v) is 7.19. The SMILES string of the molecule is CC1(Oc2cc3c(-c4cc(N5CCNCC5)ncn4)n[nH]c3cn2)CC1.[HH]. The van der Waals surface area contributed by atoms with Crippen LogP contribution < -0.4 is 15.0 Å². The Labute approximate surface area is 152 Å². The Morgan fingerprint density at radius 3 is 2.81 bits per heavy atom. The molecule has 8 heteroatoms. The average Bonchev–Trinajstić information content (AvgIpc) is 3.25. The number of nitrogens with zero attached hydrogens (tertiary/aromatic N) is 5. The first kappa shape index (κ1) is 15.5. The zero-order valence-corrected chi connectivity index (χ0v) is 14.7. The summed E-state index contributed by atoms with van der Waals surface area (Å²) < 4.78 is 6.00. The van der Waals surface area contributed by atoms with E-state index in [1.807, 2.05) is 12.1 Å². The van der Waals surface area contributed by atoms with Crippen LogP contribution >= 0.6 is 0 Å². The topological polar surface area (TPSA) is 91.9 Å². The van der Waals surface area contributed by atoms with E-state index in [0.29, 0.717) is 5.88 Å². The third-order valence-corrected chi connectivity index (χ3v) is 5.06. The molecule has 0 unspecified atom stereocenters. The van der Waals surface area contributed by atoms with Gasteiger partial charge in [-0.05, 0) is 19.8 Å². The van der Waals surface area contributed by atoms with E-state index in [-0.39, 0.29) is 7.03 Å². The van der Waals surface area contributed by atoms with E-state index in [9.17, 15) is 0 Å². The van der Waals surface area contributed by atoms with E-state index >= 15 is 0 Å². The number of rotatable bonds is 4. The molecule has 2 N–H and O–H groups in total. The van der Waals surface area contributed by atoms with Crippen molar-refractivity contribution in [2.45, 2.75) is 25.4 Å². The Hall–Kier alpha value is -2.74. The minimum absolute atomic E-state index is 0. The lowest BCUT2D eigenvalue weighted by Crippen LogP contribution is -2.43. The quantitative estimate of drug-likeness (QED) is 0.741. The number of nitrogens with one attached hydrogen (secondary N) is 2. The molecule has 0 amide bonds. The van der Waals surface area contributed by atoms with Crippen molar-refractivity contribution in [2.24, 2.45) is 0 Å². The van der Waals surface area contributed by atoms with Gasteiger partial charge in [0.1, 0.15) is 23.4 Å². The number of hydrogen-bond donors (Lipinski definition) is 2. The molecule has 3 aromatic heterocycles. The lowest BCUT2D eigenvalue weighted by Gasteiger charge is -2.28. The minimum Gasteiger partial charge on any atom is -0.471 e. The number of aromatic nitrogens is 5. The third-order valence-electron chi connectivity index (χ3n) is 5.06. The number of aromatic amines is 1. The molecule has 1 aliphatic carbocycles. The molecule has 2 fully saturated rings. The molecule has 1 aliphatic heterocycles. The molecule has 26 heavy (non-hydrogen) atoms. The lowest BCUT2D eigenvalue weighted by atomic mass is 10.2. The van der Waals surface area contributed by atoms with E-state index in [1.54, 1.807) is 12.5 Å². The maximum Gasteiger partial charge on any atom is 0.214 e. The van der Waals surface area contributed by atoms with Crippen LogP contribution in [0.5, 0.6) is 5.88 Å². The molecule has 0 radical (unpaired) electrons.